The fourth-order valence-corrected chi connectivity index (χ4v) is 4.12. The quantitative estimate of drug-likeness (QED) is 0.312. The van der Waals surface area contributed by atoms with E-state index in [1.807, 2.05) is 0 Å². The van der Waals surface area contributed by atoms with Crippen LogP contribution in [-0.2, 0) is 9.53 Å². The number of nitrogens with zero attached hydrogens (tertiary/aromatic N) is 4. The average molecular weight is 411 g/mol. The number of nitrogens with one attached hydrogen (secondary N) is 2. The van der Waals surface area contributed by atoms with Crippen LogP contribution in [0.15, 0.2) is 4.99 Å². The van der Waals surface area contributed by atoms with Crippen LogP contribution >= 0.6 is 0 Å². The molecule has 2 fully saturated rings. The van der Waals surface area contributed by atoms with E-state index in [1.54, 1.807) is 26.1 Å². The largest absolute Gasteiger partial charge is 0.385 e. The lowest BCUT2D eigenvalue weighted by Crippen LogP contribution is -2.51. The lowest BCUT2D eigenvalue weighted by atomic mass is 10.1. The third kappa shape index (κ3) is 8.48. The molecule has 8 nitrogen and oxygen atoms in total. The summed E-state index contributed by atoms with van der Waals surface area (Å²) in [5.41, 5.74) is 0. The van der Waals surface area contributed by atoms with Gasteiger partial charge in [0.25, 0.3) is 0 Å². The molecule has 2 heterocycles. The Hall–Kier alpha value is -1.38. The molecule has 0 aromatic rings. The highest BCUT2D eigenvalue weighted by molar-refractivity contribution is 5.85. The van der Waals surface area contributed by atoms with E-state index in [9.17, 15) is 4.79 Å². The maximum Gasteiger partial charge on any atom is 0.243 e. The maximum atomic E-state index is 12.0. The minimum atomic E-state index is 0.0233. The van der Waals surface area contributed by atoms with E-state index < -0.39 is 0 Å². The van der Waals surface area contributed by atoms with Gasteiger partial charge in [0.15, 0.2) is 5.96 Å². The molecule has 2 rings (SSSR count). The van der Waals surface area contributed by atoms with Crippen LogP contribution in [0.25, 0.3) is 0 Å². The number of methoxy groups -OCH3 is 1. The lowest BCUT2D eigenvalue weighted by Gasteiger charge is -2.33. The molecule has 0 aromatic heterocycles. The summed E-state index contributed by atoms with van der Waals surface area (Å²) >= 11 is 0. The first-order valence-corrected chi connectivity index (χ1v) is 11.2. The van der Waals surface area contributed by atoms with Crippen molar-refractivity contribution >= 4 is 11.9 Å². The van der Waals surface area contributed by atoms with Crippen LogP contribution in [0.5, 0.6) is 0 Å². The molecule has 0 saturated carbocycles. The van der Waals surface area contributed by atoms with Gasteiger partial charge in [-0.2, -0.15) is 0 Å². The minimum absolute atomic E-state index is 0.0233. The molecule has 2 aliphatic heterocycles. The number of hydrogen-bond donors (Lipinski definition) is 2. The van der Waals surface area contributed by atoms with E-state index >= 15 is 0 Å². The summed E-state index contributed by atoms with van der Waals surface area (Å²) < 4.78 is 5.16. The summed E-state index contributed by atoms with van der Waals surface area (Å²) in [5, 5.41) is 7.11. The number of carbonyl (C=O) groups excluding carboxylic acids is 1. The van der Waals surface area contributed by atoms with E-state index in [2.05, 4.69) is 32.3 Å². The number of guanidine groups is 1. The van der Waals surface area contributed by atoms with Crippen LogP contribution in [0, 0.1) is 0 Å². The molecule has 168 valence electrons. The van der Waals surface area contributed by atoms with Crippen LogP contribution < -0.4 is 10.6 Å². The highest BCUT2D eigenvalue weighted by Gasteiger charge is 2.24. The second kappa shape index (κ2) is 13.0. The fourth-order valence-electron chi connectivity index (χ4n) is 4.12. The van der Waals surface area contributed by atoms with Crippen LogP contribution in [0.2, 0.25) is 0 Å². The van der Waals surface area contributed by atoms with Gasteiger partial charge in [-0.05, 0) is 45.2 Å². The molecule has 1 atom stereocenters. The number of piperidine rings is 1. The van der Waals surface area contributed by atoms with Crippen LogP contribution in [0.3, 0.4) is 0 Å². The molecule has 0 radical (unpaired) electrons. The minimum Gasteiger partial charge on any atom is -0.385 e. The zero-order valence-electron chi connectivity index (χ0n) is 19.0. The standard InChI is InChI=1S/C21H42N6O2/c1-5-27-12-6-8-19(27)16-22-21(23-17-20(28)25(2)3)24-18-9-13-26(14-10-18)11-7-15-29-4/h18-19H,5-17H2,1-4H3,(H2,22,23,24). The van der Waals surface area contributed by atoms with E-state index in [0.717, 1.165) is 64.6 Å². The third-order valence-corrected chi connectivity index (χ3v) is 6.03. The third-order valence-electron chi connectivity index (χ3n) is 6.03. The highest BCUT2D eigenvalue weighted by Crippen LogP contribution is 2.15. The van der Waals surface area contributed by atoms with Gasteiger partial charge in [0.1, 0.15) is 6.54 Å². The molecule has 0 aromatic carbocycles. The van der Waals surface area contributed by atoms with E-state index in [4.69, 9.17) is 4.74 Å². The Bertz CT molecular complexity index is 505. The van der Waals surface area contributed by atoms with Gasteiger partial charge in [-0.25, -0.2) is 4.99 Å². The molecule has 8 heteroatoms. The fraction of sp³-hybridized carbons (Fsp3) is 0.905. The van der Waals surface area contributed by atoms with Crippen molar-refractivity contribution in [3.8, 4) is 0 Å². The monoisotopic (exact) mass is 410 g/mol. The van der Waals surface area contributed by atoms with Crippen molar-refractivity contribution in [2.75, 3.05) is 73.6 Å². The second-order valence-electron chi connectivity index (χ2n) is 8.37. The van der Waals surface area contributed by atoms with Crippen LogP contribution in [0.1, 0.15) is 39.0 Å². The molecule has 1 unspecified atom stereocenters. The topological polar surface area (TPSA) is 72.4 Å². The van der Waals surface area contributed by atoms with Gasteiger partial charge in [0.05, 0.1) is 0 Å². The van der Waals surface area contributed by atoms with Crippen molar-refractivity contribution in [1.82, 2.24) is 25.3 Å². The Balaban J connectivity index is 1.84. The van der Waals surface area contributed by atoms with Gasteiger partial charge >= 0.3 is 0 Å². The van der Waals surface area contributed by atoms with E-state index in [-0.39, 0.29) is 12.5 Å². The summed E-state index contributed by atoms with van der Waals surface area (Å²) in [6.45, 7) is 9.68. The predicted octanol–water partition coefficient (Wildman–Crippen LogP) is 0.595. The van der Waals surface area contributed by atoms with Crippen molar-refractivity contribution in [1.29, 1.82) is 0 Å². The molecular formula is C21H42N6O2. The molecule has 0 aliphatic carbocycles. The first-order chi connectivity index (χ1) is 14.0. The van der Waals surface area contributed by atoms with Gasteiger partial charge in [0.2, 0.25) is 5.91 Å². The Morgan fingerprint density at radius 3 is 2.62 bits per heavy atom. The summed E-state index contributed by atoms with van der Waals surface area (Å²) in [6.07, 6.45) is 5.77. The normalized spacial score (nSPS) is 22.1. The molecule has 0 bridgehead atoms. The van der Waals surface area contributed by atoms with Gasteiger partial charge in [-0.1, -0.05) is 6.92 Å². The summed E-state index contributed by atoms with van der Waals surface area (Å²) in [6, 6.07) is 0.958. The van der Waals surface area contributed by atoms with Crippen molar-refractivity contribution in [3.05, 3.63) is 0 Å². The number of carbonyl (C=O) groups is 1. The van der Waals surface area contributed by atoms with Gasteiger partial charge < -0.3 is 25.2 Å². The lowest BCUT2D eigenvalue weighted by molar-refractivity contribution is -0.127. The molecule has 2 aliphatic rings. The van der Waals surface area contributed by atoms with Crippen LogP contribution in [-0.4, -0.2) is 112 Å². The summed E-state index contributed by atoms with van der Waals surface area (Å²) in [7, 11) is 5.31. The maximum absolute atomic E-state index is 12.0. The van der Waals surface area contributed by atoms with Crippen molar-refractivity contribution in [3.63, 3.8) is 0 Å². The second-order valence-corrected chi connectivity index (χ2v) is 8.37. The van der Waals surface area contributed by atoms with Gasteiger partial charge in [-0.3, -0.25) is 9.69 Å². The van der Waals surface area contributed by atoms with E-state index in [0.29, 0.717) is 12.1 Å². The Labute approximate surface area is 177 Å². The summed E-state index contributed by atoms with van der Waals surface area (Å²) in [5.74, 6) is 0.802. The van der Waals surface area contributed by atoms with Crippen molar-refractivity contribution in [2.45, 2.75) is 51.1 Å². The number of amides is 1. The average Bonchev–Trinajstić information content (AvgIpc) is 3.18. The van der Waals surface area contributed by atoms with Gasteiger partial charge in [0, 0.05) is 66.1 Å². The molecule has 29 heavy (non-hydrogen) atoms. The first-order valence-electron chi connectivity index (χ1n) is 11.2. The van der Waals surface area contributed by atoms with Crippen LogP contribution in [0.4, 0.5) is 0 Å². The predicted molar refractivity (Wildman–Crippen MR) is 118 cm³/mol. The SMILES string of the molecule is CCN1CCCC1CNC(=NCC(=O)N(C)C)NC1CCN(CCCOC)CC1. The Morgan fingerprint density at radius 1 is 1.21 bits per heavy atom. The van der Waals surface area contributed by atoms with Gasteiger partial charge in [-0.15, -0.1) is 0 Å². The number of aliphatic imine (C=N–C) groups is 1. The van der Waals surface area contributed by atoms with Crippen molar-refractivity contribution in [2.24, 2.45) is 4.99 Å². The Morgan fingerprint density at radius 2 is 1.97 bits per heavy atom. The molecular weight excluding hydrogens is 368 g/mol. The molecule has 1 amide bonds. The molecule has 0 spiro atoms. The smallest absolute Gasteiger partial charge is 0.243 e. The number of ether oxygens (including phenoxy) is 1. The number of rotatable bonds is 10. The number of likely N-dealkylation sites (N-methyl/N-ethyl adjacent to an activating group) is 2. The first kappa shape index (κ1) is 23.9. The molecule has 2 N–H and O–H groups in total. The zero-order valence-corrected chi connectivity index (χ0v) is 19.0. The highest BCUT2D eigenvalue weighted by atomic mass is 16.5. The summed E-state index contributed by atoms with van der Waals surface area (Å²) in [4.78, 5) is 23.2. The molecule has 2 saturated heterocycles. The Kier molecular flexibility index (Phi) is 10.7. The van der Waals surface area contributed by atoms with Crippen molar-refractivity contribution < 1.29 is 9.53 Å². The van der Waals surface area contributed by atoms with E-state index in [1.165, 1.54) is 19.4 Å². The number of hydrogen-bond acceptors (Lipinski definition) is 5. The number of likely N-dealkylation sites (tertiary alicyclic amines) is 2. The zero-order chi connectivity index (χ0) is 21.1.